The molecule has 0 spiro atoms. The maximum absolute atomic E-state index is 11.2. The fraction of sp³-hybridized carbons (Fsp3) is 1.00. The molecule has 1 heterocycles. The van der Waals surface area contributed by atoms with Crippen molar-refractivity contribution in [3.8, 4) is 0 Å². The maximum atomic E-state index is 11.2. The number of hydrogen-bond acceptors (Lipinski definition) is 5. The van der Waals surface area contributed by atoms with Crippen molar-refractivity contribution in [2.75, 3.05) is 42.6 Å². The van der Waals surface area contributed by atoms with Gasteiger partial charge in [-0.2, -0.15) is 0 Å². The van der Waals surface area contributed by atoms with Gasteiger partial charge in [0.25, 0.3) is 0 Å². The predicted octanol–water partition coefficient (Wildman–Crippen LogP) is -0.458. The van der Waals surface area contributed by atoms with Gasteiger partial charge < -0.3 is 4.90 Å². The molecule has 0 bridgehead atoms. The first-order valence-electron chi connectivity index (χ1n) is 5.48. The zero-order chi connectivity index (χ0) is 12.2. The Kier molecular flexibility index (Phi) is 4.75. The fourth-order valence-electron chi connectivity index (χ4n) is 1.63. The molecule has 0 aliphatic carbocycles. The molecule has 0 aromatic rings. The molecule has 0 radical (unpaired) electrons. The Morgan fingerprint density at radius 2 is 1.75 bits per heavy atom. The van der Waals surface area contributed by atoms with E-state index < -0.39 is 19.7 Å². The van der Waals surface area contributed by atoms with Crippen molar-refractivity contribution in [1.29, 1.82) is 0 Å². The normalized spacial score (nSPS) is 22.1. The highest BCUT2D eigenvalue weighted by molar-refractivity contribution is 7.91. The molecule has 0 unspecified atom stereocenters. The van der Waals surface area contributed by atoms with E-state index >= 15 is 0 Å². The van der Waals surface area contributed by atoms with Crippen LogP contribution < -0.4 is 0 Å². The van der Waals surface area contributed by atoms with Crippen molar-refractivity contribution in [3.63, 3.8) is 0 Å². The Morgan fingerprint density at radius 3 is 2.25 bits per heavy atom. The van der Waals surface area contributed by atoms with E-state index in [4.69, 9.17) is 0 Å². The lowest BCUT2D eigenvalue weighted by atomic mass is 10.4. The Labute approximate surface area is 97.7 Å². The standard InChI is InChI=1S/C9H19NO4S2/c1-2-15(11,12)7-3-4-10-5-8-16(13,14)9-6-10/h2-9H2,1H3. The third-order valence-electron chi connectivity index (χ3n) is 2.81. The van der Waals surface area contributed by atoms with Gasteiger partial charge in [0.05, 0.1) is 17.3 Å². The highest BCUT2D eigenvalue weighted by Crippen LogP contribution is 2.05. The minimum atomic E-state index is -2.89. The van der Waals surface area contributed by atoms with E-state index in [0.29, 0.717) is 26.1 Å². The lowest BCUT2D eigenvalue weighted by Gasteiger charge is -2.26. The van der Waals surface area contributed by atoms with Crippen LogP contribution in [-0.2, 0) is 19.7 Å². The second kappa shape index (κ2) is 5.46. The Bertz CT molecular complexity index is 399. The summed E-state index contributed by atoms with van der Waals surface area (Å²) in [6.45, 7) is 3.39. The van der Waals surface area contributed by atoms with Gasteiger partial charge in [0.15, 0.2) is 9.84 Å². The average molecular weight is 269 g/mol. The summed E-state index contributed by atoms with van der Waals surface area (Å²) in [5.41, 5.74) is 0. The zero-order valence-electron chi connectivity index (χ0n) is 9.55. The van der Waals surface area contributed by atoms with E-state index in [1.165, 1.54) is 0 Å². The molecule has 1 saturated heterocycles. The largest absolute Gasteiger partial charge is 0.301 e. The van der Waals surface area contributed by atoms with Crippen LogP contribution in [-0.4, -0.2) is 64.4 Å². The third kappa shape index (κ3) is 4.80. The first-order chi connectivity index (χ1) is 7.35. The second-order valence-electron chi connectivity index (χ2n) is 4.08. The first kappa shape index (κ1) is 13.9. The summed E-state index contributed by atoms with van der Waals surface area (Å²) in [4.78, 5) is 2.02. The highest BCUT2D eigenvalue weighted by atomic mass is 32.2. The minimum Gasteiger partial charge on any atom is -0.301 e. The number of hydrogen-bond donors (Lipinski definition) is 0. The van der Waals surface area contributed by atoms with Gasteiger partial charge in [-0.1, -0.05) is 6.92 Å². The van der Waals surface area contributed by atoms with Gasteiger partial charge in [-0.15, -0.1) is 0 Å². The van der Waals surface area contributed by atoms with Crippen LogP contribution in [0.15, 0.2) is 0 Å². The van der Waals surface area contributed by atoms with E-state index in [1.54, 1.807) is 6.92 Å². The lowest BCUT2D eigenvalue weighted by molar-refractivity contribution is 0.296. The van der Waals surface area contributed by atoms with Crippen molar-refractivity contribution in [3.05, 3.63) is 0 Å². The molecule has 1 aliphatic rings. The molecule has 96 valence electrons. The molecule has 1 fully saturated rings. The van der Waals surface area contributed by atoms with Crippen LogP contribution in [0.3, 0.4) is 0 Å². The number of rotatable bonds is 5. The topological polar surface area (TPSA) is 71.5 Å². The van der Waals surface area contributed by atoms with Gasteiger partial charge in [0.1, 0.15) is 9.84 Å². The van der Waals surface area contributed by atoms with Gasteiger partial charge >= 0.3 is 0 Å². The van der Waals surface area contributed by atoms with Crippen LogP contribution in [0.4, 0.5) is 0 Å². The van der Waals surface area contributed by atoms with E-state index in [2.05, 4.69) is 0 Å². The molecule has 1 rings (SSSR count). The van der Waals surface area contributed by atoms with Crippen molar-refractivity contribution < 1.29 is 16.8 Å². The van der Waals surface area contributed by atoms with Crippen molar-refractivity contribution in [2.24, 2.45) is 0 Å². The lowest BCUT2D eigenvalue weighted by Crippen LogP contribution is -2.41. The fourth-order valence-corrected chi connectivity index (χ4v) is 3.76. The van der Waals surface area contributed by atoms with Gasteiger partial charge in [-0.05, 0) is 13.0 Å². The SMILES string of the molecule is CCS(=O)(=O)CCCN1CCS(=O)(=O)CC1. The summed E-state index contributed by atoms with van der Waals surface area (Å²) in [5.74, 6) is 0.787. The molecule has 5 nitrogen and oxygen atoms in total. The molecule has 0 atom stereocenters. The summed E-state index contributed by atoms with van der Waals surface area (Å²) in [5, 5.41) is 0. The molecule has 7 heteroatoms. The van der Waals surface area contributed by atoms with E-state index in [1.807, 2.05) is 4.90 Å². The molecule has 0 aromatic carbocycles. The van der Waals surface area contributed by atoms with Crippen LogP contribution in [0.25, 0.3) is 0 Å². The van der Waals surface area contributed by atoms with Crippen molar-refractivity contribution in [2.45, 2.75) is 13.3 Å². The van der Waals surface area contributed by atoms with Gasteiger partial charge in [0, 0.05) is 18.8 Å². The molecule has 1 aliphatic heterocycles. The van der Waals surface area contributed by atoms with E-state index in [9.17, 15) is 16.8 Å². The maximum Gasteiger partial charge on any atom is 0.152 e. The Morgan fingerprint density at radius 1 is 1.19 bits per heavy atom. The second-order valence-corrected chi connectivity index (χ2v) is 8.86. The summed E-state index contributed by atoms with van der Waals surface area (Å²) in [6, 6.07) is 0. The molecular weight excluding hydrogens is 250 g/mol. The van der Waals surface area contributed by atoms with Crippen molar-refractivity contribution in [1.82, 2.24) is 4.90 Å². The van der Waals surface area contributed by atoms with Gasteiger partial charge in [-0.25, -0.2) is 16.8 Å². The molecule has 0 saturated carbocycles. The van der Waals surface area contributed by atoms with Crippen molar-refractivity contribution >= 4 is 19.7 Å². The van der Waals surface area contributed by atoms with E-state index in [0.717, 1.165) is 0 Å². The summed E-state index contributed by atoms with van der Waals surface area (Å²) in [7, 11) is -5.72. The minimum absolute atomic E-state index is 0.182. The molecule has 0 aromatic heterocycles. The van der Waals surface area contributed by atoms with E-state index in [-0.39, 0.29) is 23.0 Å². The monoisotopic (exact) mass is 269 g/mol. The smallest absolute Gasteiger partial charge is 0.152 e. The quantitative estimate of drug-likeness (QED) is 0.675. The molecule has 16 heavy (non-hydrogen) atoms. The van der Waals surface area contributed by atoms with Gasteiger partial charge in [-0.3, -0.25) is 0 Å². The third-order valence-corrected chi connectivity index (χ3v) is 6.21. The van der Waals surface area contributed by atoms with Crippen LogP contribution in [0.1, 0.15) is 13.3 Å². The Hall–Kier alpha value is -0.140. The molecule has 0 amide bonds. The summed E-state index contributed by atoms with van der Waals surface area (Å²) < 4.78 is 44.8. The van der Waals surface area contributed by atoms with Crippen LogP contribution >= 0.6 is 0 Å². The average Bonchev–Trinajstić information content (AvgIpc) is 2.20. The number of sulfone groups is 2. The predicted molar refractivity (Wildman–Crippen MR) is 64.0 cm³/mol. The molecular formula is C9H19NO4S2. The van der Waals surface area contributed by atoms with Crippen LogP contribution in [0.2, 0.25) is 0 Å². The van der Waals surface area contributed by atoms with Crippen LogP contribution in [0, 0.1) is 0 Å². The summed E-state index contributed by atoms with van der Waals surface area (Å²) >= 11 is 0. The first-order valence-corrected chi connectivity index (χ1v) is 9.12. The number of nitrogens with zero attached hydrogens (tertiary/aromatic N) is 1. The molecule has 0 N–H and O–H groups in total. The van der Waals surface area contributed by atoms with Crippen LogP contribution in [0.5, 0.6) is 0 Å². The summed E-state index contributed by atoms with van der Waals surface area (Å²) in [6.07, 6.45) is 0.593. The zero-order valence-corrected chi connectivity index (χ0v) is 11.2. The van der Waals surface area contributed by atoms with Gasteiger partial charge in [0.2, 0.25) is 0 Å². The Balaban J connectivity index is 2.26. The highest BCUT2D eigenvalue weighted by Gasteiger charge is 2.21.